The van der Waals surface area contributed by atoms with E-state index in [9.17, 15) is 14.0 Å². The molecule has 0 spiro atoms. The van der Waals surface area contributed by atoms with Crippen molar-refractivity contribution in [3.05, 3.63) is 56.5 Å². The van der Waals surface area contributed by atoms with Gasteiger partial charge in [0.05, 0.1) is 12.1 Å². The molecule has 0 saturated carbocycles. The minimum Gasteiger partial charge on any atom is -0.398 e. The molecule has 0 amide bonds. The first-order valence-electron chi connectivity index (χ1n) is 9.96. The number of aromatic nitrogens is 3. The molecule has 0 unspecified atom stereocenters. The van der Waals surface area contributed by atoms with Gasteiger partial charge in [-0.2, -0.15) is 0 Å². The topological polar surface area (TPSA) is 104 Å². The van der Waals surface area contributed by atoms with Crippen LogP contribution in [0.5, 0.6) is 0 Å². The number of halogens is 1. The largest absolute Gasteiger partial charge is 0.398 e. The summed E-state index contributed by atoms with van der Waals surface area (Å²) in [5, 5.41) is 0. The first kappa shape index (κ1) is 20.2. The van der Waals surface area contributed by atoms with Crippen molar-refractivity contribution in [2.24, 2.45) is 19.8 Å². The average molecular weight is 414 g/mol. The van der Waals surface area contributed by atoms with Crippen molar-refractivity contribution in [2.45, 2.75) is 31.8 Å². The maximum Gasteiger partial charge on any atom is 0.331 e. The van der Waals surface area contributed by atoms with Gasteiger partial charge in [-0.1, -0.05) is 0 Å². The number of hydrogen-bond donors (Lipinski definition) is 2. The van der Waals surface area contributed by atoms with E-state index in [1.54, 1.807) is 7.05 Å². The number of hydrogen-bond acceptors (Lipinski definition) is 5. The molecular weight excluding hydrogens is 387 g/mol. The zero-order valence-electron chi connectivity index (χ0n) is 17.5. The van der Waals surface area contributed by atoms with Gasteiger partial charge in [0.1, 0.15) is 17.2 Å². The number of nitrogens with two attached hydrogens (primary N) is 2. The number of aryl methyl sites for hydroxylation is 1. The summed E-state index contributed by atoms with van der Waals surface area (Å²) in [6, 6.07) is 6.04. The molecule has 1 aromatic carbocycles. The van der Waals surface area contributed by atoms with Gasteiger partial charge in [0, 0.05) is 44.5 Å². The van der Waals surface area contributed by atoms with Crippen LogP contribution in [0, 0.1) is 5.82 Å². The maximum atomic E-state index is 13.9. The van der Waals surface area contributed by atoms with Crippen molar-refractivity contribution >= 4 is 22.5 Å². The van der Waals surface area contributed by atoms with E-state index >= 15 is 0 Å². The Kier molecular flexibility index (Phi) is 4.73. The van der Waals surface area contributed by atoms with Crippen molar-refractivity contribution in [1.29, 1.82) is 0 Å². The molecule has 3 heterocycles. The Morgan fingerprint density at radius 1 is 1.17 bits per heavy atom. The van der Waals surface area contributed by atoms with E-state index in [-0.39, 0.29) is 12.1 Å². The smallest absolute Gasteiger partial charge is 0.331 e. The Balaban J connectivity index is 1.98. The number of piperidine rings is 1. The second-order valence-electron chi connectivity index (χ2n) is 8.55. The molecule has 1 aliphatic rings. The fourth-order valence-corrected chi connectivity index (χ4v) is 4.34. The van der Waals surface area contributed by atoms with Crippen LogP contribution in [0.1, 0.15) is 25.3 Å². The fourth-order valence-electron chi connectivity index (χ4n) is 4.34. The Bertz CT molecular complexity index is 1250. The van der Waals surface area contributed by atoms with E-state index in [2.05, 4.69) is 4.90 Å². The number of anilines is 2. The van der Waals surface area contributed by atoms with Crippen LogP contribution in [0.4, 0.5) is 15.9 Å². The van der Waals surface area contributed by atoms with E-state index in [0.717, 1.165) is 29.8 Å². The van der Waals surface area contributed by atoms with Gasteiger partial charge < -0.3 is 20.9 Å². The molecule has 0 bridgehead atoms. The summed E-state index contributed by atoms with van der Waals surface area (Å²) in [5.41, 5.74) is 13.2. The lowest BCUT2D eigenvalue weighted by Gasteiger charge is -2.39. The number of fused-ring (bicyclic) bond motifs is 1. The first-order chi connectivity index (χ1) is 14.1. The van der Waals surface area contributed by atoms with Crippen LogP contribution in [0.3, 0.4) is 0 Å². The second-order valence-corrected chi connectivity index (χ2v) is 8.55. The molecule has 8 nitrogen and oxygen atoms in total. The molecule has 4 rings (SSSR count). The Hall–Kier alpha value is -3.07. The Morgan fingerprint density at radius 2 is 1.90 bits per heavy atom. The van der Waals surface area contributed by atoms with Crippen LogP contribution in [0.2, 0.25) is 0 Å². The van der Waals surface area contributed by atoms with Crippen LogP contribution in [-0.4, -0.2) is 32.3 Å². The lowest BCUT2D eigenvalue weighted by atomic mass is 9.92. The van der Waals surface area contributed by atoms with Crippen LogP contribution >= 0.6 is 0 Å². The van der Waals surface area contributed by atoms with Crippen molar-refractivity contribution in [3.8, 4) is 0 Å². The summed E-state index contributed by atoms with van der Waals surface area (Å²) in [5.74, 6) is 0.369. The summed E-state index contributed by atoms with van der Waals surface area (Å²) in [4.78, 5) is 27.7. The highest BCUT2D eigenvalue weighted by atomic mass is 19.1. The summed E-state index contributed by atoms with van der Waals surface area (Å²) >= 11 is 0. The monoisotopic (exact) mass is 414 g/mol. The average Bonchev–Trinajstić information content (AvgIpc) is 3.06. The predicted octanol–water partition coefficient (Wildman–Crippen LogP) is 1.13. The van der Waals surface area contributed by atoms with Gasteiger partial charge in [-0.15, -0.1) is 0 Å². The molecule has 0 radical (unpaired) electrons. The van der Waals surface area contributed by atoms with E-state index in [1.807, 2.05) is 17.6 Å². The third-order valence-electron chi connectivity index (χ3n) is 5.98. The molecule has 4 N–H and O–H groups in total. The molecule has 30 heavy (non-hydrogen) atoms. The molecule has 160 valence electrons. The van der Waals surface area contributed by atoms with Gasteiger partial charge in [-0.05, 0) is 43.5 Å². The standard InChI is InChI=1S/C21H27FN6O2/c1-21(24)7-4-8-27(12-21)17-10-16-18(19(29)26(3)20(30)25(16)2)28(17)11-13-9-14(22)5-6-15(13)23/h5-6,9-10H,4,7-8,11-12,23-24H2,1-3H3/t21-/m1/s1. The van der Waals surface area contributed by atoms with Gasteiger partial charge >= 0.3 is 5.69 Å². The van der Waals surface area contributed by atoms with Gasteiger partial charge in [-0.3, -0.25) is 13.9 Å². The highest BCUT2D eigenvalue weighted by molar-refractivity contribution is 5.82. The number of rotatable bonds is 3. The third kappa shape index (κ3) is 3.28. The van der Waals surface area contributed by atoms with Gasteiger partial charge in [0.2, 0.25) is 0 Å². The number of nitrogen functional groups attached to an aromatic ring is 1. The maximum absolute atomic E-state index is 13.9. The minimum absolute atomic E-state index is 0.202. The molecule has 1 saturated heterocycles. The van der Waals surface area contributed by atoms with Gasteiger partial charge in [0.25, 0.3) is 5.56 Å². The third-order valence-corrected chi connectivity index (χ3v) is 5.98. The van der Waals surface area contributed by atoms with E-state index in [1.165, 1.54) is 29.8 Å². The molecule has 1 atom stereocenters. The molecule has 1 aliphatic heterocycles. The molecule has 0 aliphatic carbocycles. The van der Waals surface area contributed by atoms with Crippen molar-refractivity contribution in [3.63, 3.8) is 0 Å². The number of benzene rings is 1. The zero-order chi connectivity index (χ0) is 21.8. The molecule has 2 aromatic heterocycles. The SMILES string of the molecule is Cn1c(=O)c2c(cc(N3CCC[C@@](C)(N)C3)n2Cc2cc(F)ccc2N)n(C)c1=O. The van der Waals surface area contributed by atoms with Crippen LogP contribution in [0.25, 0.3) is 11.0 Å². The Morgan fingerprint density at radius 3 is 2.60 bits per heavy atom. The van der Waals surface area contributed by atoms with Crippen molar-refractivity contribution in [1.82, 2.24) is 13.7 Å². The van der Waals surface area contributed by atoms with Crippen LogP contribution in [-0.2, 0) is 20.6 Å². The summed E-state index contributed by atoms with van der Waals surface area (Å²) in [7, 11) is 3.09. The predicted molar refractivity (Wildman–Crippen MR) is 116 cm³/mol. The van der Waals surface area contributed by atoms with Gasteiger partial charge in [0.15, 0.2) is 0 Å². The summed E-state index contributed by atoms with van der Waals surface area (Å²) in [6.07, 6.45) is 1.81. The van der Waals surface area contributed by atoms with Crippen molar-refractivity contribution < 1.29 is 4.39 Å². The van der Waals surface area contributed by atoms with E-state index < -0.39 is 17.1 Å². The van der Waals surface area contributed by atoms with E-state index in [0.29, 0.717) is 28.8 Å². The number of nitrogens with zero attached hydrogens (tertiary/aromatic N) is 4. The van der Waals surface area contributed by atoms with E-state index in [4.69, 9.17) is 11.5 Å². The molecule has 1 fully saturated rings. The Labute approximate surface area is 173 Å². The second kappa shape index (κ2) is 7.02. The van der Waals surface area contributed by atoms with Crippen LogP contribution < -0.4 is 27.6 Å². The van der Waals surface area contributed by atoms with Gasteiger partial charge in [-0.25, -0.2) is 9.18 Å². The molecule has 3 aromatic rings. The normalized spacial score (nSPS) is 19.6. The summed E-state index contributed by atoms with van der Waals surface area (Å²) in [6.45, 7) is 3.59. The molecular formula is C21H27FN6O2. The zero-order valence-corrected chi connectivity index (χ0v) is 17.5. The van der Waals surface area contributed by atoms with Crippen molar-refractivity contribution in [2.75, 3.05) is 23.7 Å². The lowest BCUT2D eigenvalue weighted by Crippen LogP contribution is -2.52. The highest BCUT2D eigenvalue weighted by Crippen LogP contribution is 2.30. The lowest BCUT2D eigenvalue weighted by molar-refractivity contribution is 0.371. The molecule has 9 heteroatoms. The quantitative estimate of drug-likeness (QED) is 0.625. The summed E-state index contributed by atoms with van der Waals surface area (Å²) < 4.78 is 18.3. The van der Waals surface area contributed by atoms with Crippen LogP contribution in [0.15, 0.2) is 33.9 Å². The fraction of sp³-hybridized carbons (Fsp3) is 0.429. The minimum atomic E-state index is -0.401. The highest BCUT2D eigenvalue weighted by Gasteiger charge is 2.30. The first-order valence-corrected chi connectivity index (χ1v) is 9.96.